The Morgan fingerprint density at radius 2 is 2.00 bits per heavy atom. The van der Waals surface area contributed by atoms with E-state index in [-0.39, 0.29) is 0 Å². The first-order valence-electron chi connectivity index (χ1n) is 5.91. The summed E-state index contributed by atoms with van der Waals surface area (Å²) in [6.07, 6.45) is 3.72. The number of fused-ring (bicyclic) bond motifs is 1. The van der Waals surface area contributed by atoms with Crippen LogP contribution in [-0.4, -0.2) is 0 Å². The second-order valence-electron chi connectivity index (χ2n) is 4.40. The zero-order valence-electron chi connectivity index (χ0n) is 9.50. The van der Waals surface area contributed by atoms with E-state index in [0.29, 0.717) is 11.8 Å². The Balaban J connectivity index is 1.69. The minimum absolute atomic E-state index is 0.441. The van der Waals surface area contributed by atoms with E-state index in [2.05, 4.69) is 23.5 Å². The number of halogens is 1. The molecule has 0 bridgehead atoms. The molecule has 1 aliphatic carbocycles. The van der Waals surface area contributed by atoms with Crippen LogP contribution in [0.5, 0.6) is 0 Å². The number of furan rings is 1. The Kier molecular flexibility index (Phi) is 2.81. The molecular formula is C14H14ClNO. The van der Waals surface area contributed by atoms with Crippen LogP contribution >= 0.6 is 11.6 Å². The molecule has 1 aliphatic rings. The minimum Gasteiger partial charge on any atom is -0.448 e. The van der Waals surface area contributed by atoms with Gasteiger partial charge in [-0.25, -0.2) is 0 Å². The van der Waals surface area contributed by atoms with E-state index >= 15 is 0 Å². The summed E-state index contributed by atoms with van der Waals surface area (Å²) in [6.45, 7) is 0.672. The highest BCUT2D eigenvalue weighted by molar-refractivity contribution is 6.28. The van der Waals surface area contributed by atoms with Gasteiger partial charge in [-0.3, -0.25) is 0 Å². The second kappa shape index (κ2) is 4.46. The molecule has 0 atom stereocenters. The van der Waals surface area contributed by atoms with E-state index < -0.39 is 0 Å². The summed E-state index contributed by atoms with van der Waals surface area (Å²) in [5.41, 5.74) is 4.13. The molecule has 0 unspecified atom stereocenters. The molecule has 1 heterocycles. The van der Waals surface area contributed by atoms with Crippen molar-refractivity contribution in [3.63, 3.8) is 0 Å². The Labute approximate surface area is 106 Å². The lowest BCUT2D eigenvalue weighted by Gasteiger charge is -2.06. The van der Waals surface area contributed by atoms with Crippen LogP contribution in [0.2, 0.25) is 5.22 Å². The summed E-state index contributed by atoms with van der Waals surface area (Å²) in [5, 5.41) is 3.79. The summed E-state index contributed by atoms with van der Waals surface area (Å²) in [5.74, 6) is 0.857. The SMILES string of the molecule is Clc1ccc(CNc2ccc3c(c2)CCC3)o1. The maximum Gasteiger partial charge on any atom is 0.193 e. The van der Waals surface area contributed by atoms with Crippen LogP contribution in [0.1, 0.15) is 23.3 Å². The lowest BCUT2D eigenvalue weighted by atomic mass is 10.1. The molecule has 0 radical (unpaired) electrons. The number of nitrogens with one attached hydrogen (secondary N) is 1. The molecule has 2 aromatic rings. The Hall–Kier alpha value is -1.41. The Morgan fingerprint density at radius 1 is 1.12 bits per heavy atom. The van der Waals surface area contributed by atoms with E-state index in [1.54, 1.807) is 6.07 Å². The maximum absolute atomic E-state index is 5.72. The van der Waals surface area contributed by atoms with E-state index in [1.165, 1.54) is 30.4 Å². The van der Waals surface area contributed by atoms with Gasteiger partial charge in [0.1, 0.15) is 5.76 Å². The van der Waals surface area contributed by atoms with Gasteiger partial charge < -0.3 is 9.73 Å². The number of anilines is 1. The fraction of sp³-hybridized carbons (Fsp3) is 0.286. The number of aryl methyl sites for hydroxylation is 2. The van der Waals surface area contributed by atoms with Crippen LogP contribution in [-0.2, 0) is 19.4 Å². The third kappa shape index (κ3) is 2.32. The van der Waals surface area contributed by atoms with Crippen molar-refractivity contribution >= 4 is 17.3 Å². The molecule has 0 fully saturated rings. The molecule has 1 aromatic heterocycles. The van der Waals surface area contributed by atoms with Crippen LogP contribution in [0.4, 0.5) is 5.69 Å². The molecule has 0 saturated heterocycles. The summed E-state index contributed by atoms with van der Waals surface area (Å²) >= 11 is 5.72. The number of rotatable bonds is 3. The normalized spacial score (nSPS) is 13.7. The van der Waals surface area contributed by atoms with Crippen LogP contribution in [0.3, 0.4) is 0 Å². The van der Waals surface area contributed by atoms with E-state index in [1.807, 2.05) is 6.07 Å². The van der Waals surface area contributed by atoms with Gasteiger partial charge in [0.05, 0.1) is 6.54 Å². The van der Waals surface area contributed by atoms with E-state index in [4.69, 9.17) is 16.0 Å². The van der Waals surface area contributed by atoms with Gasteiger partial charge >= 0.3 is 0 Å². The number of hydrogen-bond acceptors (Lipinski definition) is 2. The quantitative estimate of drug-likeness (QED) is 0.886. The fourth-order valence-corrected chi connectivity index (χ4v) is 2.48. The highest BCUT2D eigenvalue weighted by atomic mass is 35.5. The first kappa shape index (κ1) is 10.7. The predicted octanol–water partition coefficient (Wildman–Crippen LogP) is 4.03. The lowest BCUT2D eigenvalue weighted by molar-refractivity contribution is 0.520. The van der Waals surface area contributed by atoms with Gasteiger partial charge in [0.25, 0.3) is 0 Å². The summed E-state index contributed by atoms with van der Waals surface area (Å²) in [7, 11) is 0. The smallest absolute Gasteiger partial charge is 0.193 e. The average molecular weight is 248 g/mol. The van der Waals surface area contributed by atoms with Gasteiger partial charge in [-0.05, 0) is 66.3 Å². The van der Waals surface area contributed by atoms with E-state index in [9.17, 15) is 0 Å². The molecule has 3 rings (SSSR count). The molecular weight excluding hydrogens is 234 g/mol. The van der Waals surface area contributed by atoms with Crippen molar-refractivity contribution in [1.29, 1.82) is 0 Å². The first-order valence-corrected chi connectivity index (χ1v) is 6.29. The van der Waals surface area contributed by atoms with Gasteiger partial charge in [-0.15, -0.1) is 0 Å². The molecule has 0 aliphatic heterocycles. The highest BCUT2D eigenvalue weighted by Gasteiger charge is 2.10. The molecule has 0 spiro atoms. The predicted molar refractivity (Wildman–Crippen MR) is 69.5 cm³/mol. The first-order chi connectivity index (χ1) is 8.31. The van der Waals surface area contributed by atoms with Crippen molar-refractivity contribution in [3.8, 4) is 0 Å². The largest absolute Gasteiger partial charge is 0.448 e. The molecule has 17 heavy (non-hydrogen) atoms. The summed E-state index contributed by atoms with van der Waals surface area (Å²) in [4.78, 5) is 0. The fourth-order valence-electron chi connectivity index (χ4n) is 2.32. The minimum atomic E-state index is 0.441. The van der Waals surface area contributed by atoms with Gasteiger partial charge in [-0.2, -0.15) is 0 Å². The number of hydrogen-bond donors (Lipinski definition) is 1. The van der Waals surface area contributed by atoms with E-state index in [0.717, 1.165) is 11.4 Å². The van der Waals surface area contributed by atoms with Crippen molar-refractivity contribution in [3.05, 3.63) is 52.4 Å². The van der Waals surface area contributed by atoms with Crippen LogP contribution in [0.15, 0.2) is 34.7 Å². The molecule has 0 saturated carbocycles. The topological polar surface area (TPSA) is 25.2 Å². The molecule has 2 nitrogen and oxygen atoms in total. The zero-order valence-corrected chi connectivity index (χ0v) is 10.3. The van der Waals surface area contributed by atoms with Crippen molar-refractivity contribution in [2.24, 2.45) is 0 Å². The van der Waals surface area contributed by atoms with Gasteiger partial charge in [0, 0.05) is 5.69 Å². The molecule has 1 N–H and O–H groups in total. The van der Waals surface area contributed by atoms with Crippen molar-refractivity contribution in [1.82, 2.24) is 0 Å². The third-order valence-corrected chi connectivity index (χ3v) is 3.40. The zero-order chi connectivity index (χ0) is 11.7. The second-order valence-corrected chi connectivity index (χ2v) is 4.77. The monoisotopic (exact) mass is 247 g/mol. The maximum atomic E-state index is 5.72. The number of benzene rings is 1. The molecule has 3 heteroatoms. The van der Waals surface area contributed by atoms with Gasteiger partial charge in [0.2, 0.25) is 0 Å². The van der Waals surface area contributed by atoms with Crippen LogP contribution in [0, 0.1) is 0 Å². The van der Waals surface area contributed by atoms with Crippen LogP contribution in [0.25, 0.3) is 0 Å². The molecule has 0 amide bonds. The van der Waals surface area contributed by atoms with Crippen molar-refractivity contribution in [2.75, 3.05) is 5.32 Å². The van der Waals surface area contributed by atoms with Crippen LogP contribution < -0.4 is 5.32 Å². The Bertz CT molecular complexity index is 533. The summed E-state index contributed by atoms with van der Waals surface area (Å²) in [6, 6.07) is 10.3. The van der Waals surface area contributed by atoms with Crippen molar-refractivity contribution < 1.29 is 4.42 Å². The standard InChI is InChI=1S/C14H14ClNO/c15-14-7-6-13(17-14)9-16-12-5-4-10-2-1-3-11(10)8-12/h4-8,16H,1-3,9H2. The van der Waals surface area contributed by atoms with Gasteiger partial charge in [0.15, 0.2) is 5.22 Å². The third-order valence-electron chi connectivity index (χ3n) is 3.19. The van der Waals surface area contributed by atoms with Gasteiger partial charge in [-0.1, -0.05) is 6.07 Å². The lowest BCUT2D eigenvalue weighted by Crippen LogP contribution is -1.98. The molecule has 1 aromatic carbocycles. The average Bonchev–Trinajstić information content (AvgIpc) is 2.94. The Morgan fingerprint density at radius 3 is 2.82 bits per heavy atom. The highest BCUT2D eigenvalue weighted by Crippen LogP contribution is 2.25. The molecule has 88 valence electrons. The summed E-state index contributed by atoms with van der Waals surface area (Å²) < 4.78 is 5.30. The van der Waals surface area contributed by atoms with Crippen molar-refractivity contribution in [2.45, 2.75) is 25.8 Å².